The molecule has 0 bridgehead atoms. The SMILES string of the molecule is CCCOc1ccc2c(c1)OCO2. The first-order valence-corrected chi connectivity index (χ1v) is 4.42. The lowest BCUT2D eigenvalue weighted by Crippen LogP contribution is -1.94. The molecule has 0 N–H and O–H groups in total. The van der Waals surface area contributed by atoms with Gasteiger partial charge in [0, 0.05) is 6.07 Å². The van der Waals surface area contributed by atoms with E-state index in [-0.39, 0.29) is 0 Å². The van der Waals surface area contributed by atoms with Crippen molar-refractivity contribution in [1.82, 2.24) is 0 Å². The number of ether oxygens (including phenoxy) is 3. The Balaban J connectivity index is 2.12. The number of rotatable bonds is 3. The Kier molecular flexibility index (Phi) is 2.25. The lowest BCUT2D eigenvalue weighted by atomic mass is 10.3. The summed E-state index contributed by atoms with van der Waals surface area (Å²) in [4.78, 5) is 0. The summed E-state index contributed by atoms with van der Waals surface area (Å²) < 4.78 is 15.8. The van der Waals surface area contributed by atoms with Crippen molar-refractivity contribution in [2.75, 3.05) is 13.4 Å². The van der Waals surface area contributed by atoms with Gasteiger partial charge in [-0.3, -0.25) is 0 Å². The van der Waals surface area contributed by atoms with Crippen LogP contribution in [-0.4, -0.2) is 13.4 Å². The first-order chi connectivity index (χ1) is 6.40. The summed E-state index contributed by atoms with van der Waals surface area (Å²) in [5, 5.41) is 0. The Morgan fingerprint density at radius 1 is 1.31 bits per heavy atom. The van der Waals surface area contributed by atoms with Gasteiger partial charge in [-0.25, -0.2) is 0 Å². The lowest BCUT2D eigenvalue weighted by Gasteiger charge is -2.04. The minimum absolute atomic E-state index is 0.312. The van der Waals surface area contributed by atoms with E-state index >= 15 is 0 Å². The molecular formula is C10H12O3. The fourth-order valence-corrected chi connectivity index (χ4v) is 1.19. The molecule has 0 radical (unpaired) electrons. The van der Waals surface area contributed by atoms with Crippen molar-refractivity contribution >= 4 is 0 Å². The third-order valence-corrected chi connectivity index (χ3v) is 1.82. The summed E-state index contributed by atoms with van der Waals surface area (Å²) >= 11 is 0. The molecule has 13 heavy (non-hydrogen) atoms. The molecule has 3 heteroatoms. The average molecular weight is 180 g/mol. The van der Waals surface area contributed by atoms with E-state index in [2.05, 4.69) is 6.92 Å². The van der Waals surface area contributed by atoms with Crippen molar-refractivity contribution in [2.24, 2.45) is 0 Å². The predicted octanol–water partition coefficient (Wildman–Crippen LogP) is 2.20. The highest BCUT2D eigenvalue weighted by molar-refractivity contribution is 5.46. The van der Waals surface area contributed by atoms with E-state index in [1.54, 1.807) is 0 Å². The van der Waals surface area contributed by atoms with Gasteiger partial charge in [-0.05, 0) is 18.6 Å². The highest BCUT2D eigenvalue weighted by atomic mass is 16.7. The van der Waals surface area contributed by atoms with Crippen molar-refractivity contribution in [1.29, 1.82) is 0 Å². The van der Waals surface area contributed by atoms with Crippen LogP contribution in [0.15, 0.2) is 18.2 Å². The highest BCUT2D eigenvalue weighted by Crippen LogP contribution is 2.34. The fourth-order valence-electron chi connectivity index (χ4n) is 1.19. The van der Waals surface area contributed by atoms with E-state index in [0.717, 1.165) is 30.3 Å². The number of benzene rings is 1. The molecule has 0 spiro atoms. The number of hydrogen-bond donors (Lipinski definition) is 0. The molecule has 1 heterocycles. The summed E-state index contributed by atoms with van der Waals surface area (Å²) in [7, 11) is 0. The second-order valence-corrected chi connectivity index (χ2v) is 2.86. The third-order valence-electron chi connectivity index (χ3n) is 1.82. The topological polar surface area (TPSA) is 27.7 Å². The molecule has 2 rings (SSSR count). The first-order valence-electron chi connectivity index (χ1n) is 4.42. The zero-order valence-corrected chi connectivity index (χ0v) is 7.58. The van der Waals surface area contributed by atoms with Gasteiger partial charge < -0.3 is 14.2 Å². The second-order valence-electron chi connectivity index (χ2n) is 2.86. The van der Waals surface area contributed by atoms with Crippen LogP contribution in [0.5, 0.6) is 17.2 Å². The maximum absolute atomic E-state index is 5.44. The van der Waals surface area contributed by atoms with Crippen LogP contribution in [0.4, 0.5) is 0 Å². The van der Waals surface area contributed by atoms with Gasteiger partial charge >= 0.3 is 0 Å². The minimum atomic E-state index is 0.312. The molecule has 0 fully saturated rings. The summed E-state index contributed by atoms with van der Waals surface area (Å²) in [6, 6.07) is 5.62. The Labute approximate surface area is 77.2 Å². The number of hydrogen-bond acceptors (Lipinski definition) is 3. The molecule has 1 aliphatic rings. The summed E-state index contributed by atoms with van der Waals surface area (Å²) in [5.41, 5.74) is 0. The van der Waals surface area contributed by atoms with Crippen molar-refractivity contribution in [3.8, 4) is 17.2 Å². The first kappa shape index (κ1) is 8.23. The van der Waals surface area contributed by atoms with Gasteiger partial charge in [0.05, 0.1) is 6.61 Å². The Bertz CT molecular complexity index is 296. The van der Waals surface area contributed by atoms with E-state index in [1.165, 1.54) is 0 Å². The molecule has 0 amide bonds. The van der Waals surface area contributed by atoms with E-state index in [4.69, 9.17) is 14.2 Å². The second kappa shape index (κ2) is 3.56. The molecule has 3 nitrogen and oxygen atoms in total. The standard InChI is InChI=1S/C10H12O3/c1-2-5-11-8-3-4-9-10(6-8)13-7-12-9/h3-4,6H,2,5,7H2,1H3. The summed E-state index contributed by atoms with van der Waals surface area (Å²) in [6.07, 6.45) is 1.01. The molecule has 0 saturated heterocycles. The van der Waals surface area contributed by atoms with E-state index in [1.807, 2.05) is 18.2 Å². The molecule has 1 aromatic carbocycles. The molecular weight excluding hydrogens is 168 g/mol. The largest absolute Gasteiger partial charge is 0.493 e. The van der Waals surface area contributed by atoms with Gasteiger partial charge in [0.25, 0.3) is 0 Å². The quantitative estimate of drug-likeness (QED) is 0.713. The van der Waals surface area contributed by atoms with Crippen molar-refractivity contribution in [3.63, 3.8) is 0 Å². The van der Waals surface area contributed by atoms with Crippen molar-refractivity contribution < 1.29 is 14.2 Å². The lowest BCUT2D eigenvalue weighted by molar-refractivity contribution is 0.173. The summed E-state index contributed by atoms with van der Waals surface area (Å²) in [5.74, 6) is 2.41. The normalized spacial score (nSPS) is 13.0. The molecule has 70 valence electrons. The predicted molar refractivity (Wildman–Crippen MR) is 48.4 cm³/mol. The van der Waals surface area contributed by atoms with Crippen molar-refractivity contribution in [2.45, 2.75) is 13.3 Å². The smallest absolute Gasteiger partial charge is 0.231 e. The van der Waals surface area contributed by atoms with Crippen LogP contribution in [0, 0.1) is 0 Å². The van der Waals surface area contributed by atoms with E-state index in [9.17, 15) is 0 Å². The molecule has 0 saturated carbocycles. The molecule has 0 unspecified atom stereocenters. The minimum Gasteiger partial charge on any atom is -0.493 e. The van der Waals surface area contributed by atoms with Crippen LogP contribution in [0.25, 0.3) is 0 Å². The molecule has 0 atom stereocenters. The fraction of sp³-hybridized carbons (Fsp3) is 0.400. The third kappa shape index (κ3) is 1.69. The maximum Gasteiger partial charge on any atom is 0.231 e. The van der Waals surface area contributed by atoms with Crippen LogP contribution in [-0.2, 0) is 0 Å². The zero-order valence-electron chi connectivity index (χ0n) is 7.58. The Hall–Kier alpha value is -1.38. The molecule has 1 aromatic rings. The highest BCUT2D eigenvalue weighted by Gasteiger charge is 2.13. The van der Waals surface area contributed by atoms with E-state index < -0.39 is 0 Å². The number of fused-ring (bicyclic) bond motifs is 1. The van der Waals surface area contributed by atoms with Crippen LogP contribution >= 0.6 is 0 Å². The average Bonchev–Trinajstić information content (AvgIpc) is 2.61. The van der Waals surface area contributed by atoms with E-state index in [0.29, 0.717) is 6.79 Å². The van der Waals surface area contributed by atoms with Crippen LogP contribution in [0.2, 0.25) is 0 Å². The van der Waals surface area contributed by atoms with Crippen molar-refractivity contribution in [3.05, 3.63) is 18.2 Å². The van der Waals surface area contributed by atoms with Gasteiger partial charge in [-0.2, -0.15) is 0 Å². The van der Waals surface area contributed by atoms with Crippen LogP contribution in [0.1, 0.15) is 13.3 Å². The van der Waals surface area contributed by atoms with Gasteiger partial charge in [0.2, 0.25) is 6.79 Å². The molecule has 0 aromatic heterocycles. The monoisotopic (exact) mass is 180 g/mol. The van der Waals surface area contributed by atoms with Gasteiger partial charge in [0.15, 0.2) is 11.5 Å². The van der Waals surface area contributed by atoms with Gasteiger partial charge in [0.1, 0.15) is 5.75 Å². The van der Waals surface area contributed by atoms with Gasteiger partial charge in [-0.15, -0.1) is 0 Å². The Morgan fingerprint density at radius 2 is 2.15 bits per heavy atom. The maximum atomic E-state index is 5.44. The Morgan fingerprint density at radius 3 is 3.00 bits per heavy atom. The van der Waals surface area contributed by atoms with Crippen LogP contribution < -0.4 is 14.2 Å². The molecule has 1 aliphatic heterocycles. The summed E-state index contributed by atoms with van der Waals surface area (Å²) in [6.45, 7) is 3.12. The molecule has 0 aliphatic carbocycles. The zero-order chi connectivity index (χ0) is 9.10. The van der Waals surface area contributed by atoms with Gasteiger partial charge in [-0.1, -0.05) is 6.92 Å². The van der Waals surface area contributed by atoms with Crippen LogP contribution in [0.3, 0.4) is 0 Å².